The summed E-state index contributed by atoms with van der Waals surface area (Å²) in [6.07, 6.45) is 0. The van der Waals surface area contributed by atoms with Crippen molar-refractivity contribution in [1.82, 2.24) is 0 Å². The van der Waals surface area contributed by atoms with Crippen LogP contribution in [-0.4, -0.2) is 12.2 Å². The van der Waals surface area contributed by atoms with Gasteiger partial charge in [0.2, 0.25) is 0 Å². The lowest BCUT2D eigenvalue weighted by atomic mass is 10.2. The first-order chi connectivity index (χ1) is 5.15. The average molecular weight is 216 g/mol. The van der Waals surface area contributed by atoms with E-state index in [0.29, 0.717) is 15.8 Å². The summed E-state index contributed by atoms with van der Waals surface area (Å²) in [6, 6.07) is 3.35. The summed E-state index contributed by atoms with van der Waals surface area (Å²) in [5.41, 5.74) is 0.552. The standard InChI is InChI=1S/C8H8BrO2/c1-5-3-6(11-2)4-7(9)8(5)10/h3-4,10H,1H2,2H3. The molecular weight excluding hydrogens is 208 g/mol. The Morgan fingerprint density at radius 3 is 2.64 bits per heavy atom. The minimum Gasteiger partial charge on any atom is -0.506 e. The van der Waals surface area contributed by atoms with E-state index in [4.69, 9.17) is 4.74 Å². The molecule has 1 rings (SSSR count). The van der Waals surface area contributed by atoms with Crippen LogP contribution >= 0.6 is 15.9 Å². The van der Waals surface area contributed by atoms with E-state index in [9.17, 15) is 5.11 Å². The zero-order chi connectivity index (χ0) is 8.43. The molecule has 59 valence electrons. The highest BCUT2D eigenvalue weighted by molar-refractivity contribution is 9.10. The minimum absolute atomic E-state index is 0.158. The van der Waals surface area contributed by atoms with Gasteiger partial charge in [0.1, 0.15) is 11.5 Å². The van der Waals surface area contributed by atoms with Gasteiger partial charge in [-0.15, -0.1) is 0 Å². The van der Waals surface area contributed by atoms with Crippen LogP contribution in [-0.2, 0) is 0 Å². The average Bonchev–Trinajstić information content (AvgIpc) is 1.99. The van der Waals surface area contributed by atoms with E-state index in [2.05, 4.69) is 22.9 Å². The number of aromatic hydroxyl groups is 1. The van der Waals surface area contributed by atoms with Gasteiger partial charge in [0.15, 0.2) is 0 Å². The van der Waals surface area contributed by atoms with Crippen molar-refractivity contribution in [2.45, 2.75) is 0 Å². The van der Waals surface area contributed by atoms with Crippen molar-refractivity contribution in [1.29, 1.82) is 0 Å². The Morgan fingerprint density at radius 2 is 2.18 bits per heavy atom. The van der Waals surface area contributed by atoms with Gasteiger partial charge in [-0.25, -0.2) is 0 Å². The fourth-order valence-corrected chi connectivity index (χ4v) is 1.23. The largest absolute Gasteiger partial charge is 0.506 e. The van der Waals surface area contributed by atoms with Crippen LogP contribution < -0.4 is 4.74 Å². The maximum Gasteiger partial charge on any atom is 0.133 e. The topological polar surface area (TPSA) is 29.5 Å². The third-order valence-electron chi connectivity index (χ3n) is 1.35. The molecule has 0 spiro atoms. The SMILES string of the molecule is [CH2]c1cc(OC)cc(Br)c1O. The van der Waals surface area contributed by atoms with Crippen molar-refractivity contribution in [3.63, 3.8) is 0 Å². The van der Waals surface area contributed by atoms with Gasteiger partial charge in [0, 0.05) is 0 Å². The van der Waals surface area contributed by atoms with Crippen LogP contribution in [0.15, 0.2) is 16.6 Å². The smallest absolute Gasteiger partial charge is 0.133 e. The number of phenolic OH excluding ortho intramolecular Hbond substituents is 1. The number of benzene rings is 1. The second kappa shape index (κ2) is 3.13. The lowest BCUT2D eigenvalue weighted by Gasteiger charge is -2.04. The van der Waals surface area contributed by atoms with Gasteiger partial charge in [-0.05, 0) is 40.5 Å². The van der Waals surface area contributed by atoms with Crippen LogP contribution in [0, 0.1) is 6.92 Å². The number of phenols is 1. The lowest BCUT2D eigenvalue weighted by molar-refractivity contribution is 0.411. The molecule has 0 aromatic heterocycles. The number of halogens is 1. The third kappa shape index (κ3) is 1.66. The Labute approximate surface area is 73.9 Å². The molecule has 0 bridgehead atoms. The molecule has 0 aliphatic rings. The minimum atomic E-state index is 0.158. The molecule has 0 amide bonds. The van der Waals surface area contributed by atoms with E-state index >= 15 is 0 Å². The highest BCUT2D eigenvalue weighted by atomic mass is 79.9. The highest BCUT2D eigenvalue weighted by Gasteiger charge is 2.03. The Kier molecular flexibility index (Phi) is 2.39. The lowest BCUT2D eigenvalue weighted by Crippen LogP contribution is -1.84. The first-order valence-electron chi connectivity index (χ1n) is 3.03. The van der Waals surface area contributed by atoms with Gasteiger partial charge in [0.25, 0.3) is 0 Å². The quantitative estimate of drug-likeness (QED) is 0.780. The first kappa shape index (κ1) is 8.40. The second-order valence-corrected chi connectivity index (χ2v) is 2.97. The number of hydrogen-bond acceptors (Lipinski definition) is 2. The molecule has 0 saturated heterocycles. The Hall–Kier alpha value is -0.700. The van der Waals surface area contributed by atoms with Crippen molar-refractivity contribution in [3.8, 4) is 11.5 Å². The summed E-state index contributed by atoms with van der Waals surface area (Å²) in [4.78, 5) is 0. The molecule has 0 saturated carbocycles. The molecule has 0 heterocycles. The summed E-state index contributed by atoms with van der Waals surface area (Å²) in [5, 5.41) is 9.26. The predicted octanol–water partition coefficient (Wildman–Crippen LogP) is 2.35. The predicted molar refractivity (Wildman–Crippen MR) is 46.8 cm³/mol. The van der Waals surface area contributed by atoms with E-state index in [1.807, 2.05) is 0 Å². The maximum atomic E-state index is 9.26. The molecule has 2 nitrogen and oxygen atoms in total. The van der Waals surface area contributed by atoms with E-state index < -0.39 is 0 Å². The molecule has 1 N–H and O–H groups in total. The summed E-state index contributed by atoms with van der Waals surface area (Å²) >= 11 is 3.17. The number of ether oxygens (including phenoxy) is 1. The highest BCUT2D eigenvalue weighted by Crippen LogP contribution is 2.31. The summed E-state index contributed by atoms with van der Waals surface area (Å²) in [7, 11) is 1.57. The normalized spacial score (nSPS) is 9.73. The molecule has 3 heteroatoms. The van der Waals surface area contributed by atoms with E-state index in [1.165, 1.54) is 0 Å². The molecule has 0 atom stereocenters. The third-order valence-corrected chi connectivity index (χ3v) is 1.96. The van der Waals surface area contributed by atoms with Crippen LogP contribution in [0.25, 0.3) is 0 Å². The van der Waals surface area contributed by atoms with Gasteiger partial charge in [-0.1, -0.05) is 0 Å². The summed E-state index contributed by atoms with van der Waals surface area (Å²) < 4.78 is 5.55. The van der Waals surface area contributed by atoms with Gasteiger partial charge in [-0.3, -0.25) is 0 Å². The zero-order valence-corrected chi connectivity index (χ0v) is 7.68. The fourth-order valence-electron chi connectivity index (χ4n) is 0.746. The molecule has 1 aromatic carbocycles. The van der Waals surface area contributed by atoms with Gasteiger partial charge in [0.05, 0.1) is 11.6 Å². The van der Waals surface area contributed by atoms with E-state index in [0.717, 1.165) is 0 Å². The van der Waals surface area contributed by atoms with Crippen LogP contribution in [0.1, 0.15) is 5.56 Å². The van der Waals surface area contributed by atoms with Crippen molar-refractivity contribution in [2.24, 2.45) is 0 Å². The molecular formula is C8H8BrO2. The van der Waals surface area contributed by atoms with Crippen LogP contribution in [0.5, 0.6) is 11.5 Å². The number of methoxy groups -OCH3 is 1. The first-order valence-corrected chi connectivity index (χ1v) is 3.83. The van der Waals surface area contributed by atoms with Gasteiger partial charge in [-0.2, -0.15) is 0 Å². The molecule has 0 unspecified atom stereocenters. The second-order valence-electron chi connectivity index (χ2n) is 2.12. The zero-order valence-electron chi connectivity index (χ0n) is 6.10. The van der Waals surface area contributed by atoms with Crippen molar-refractivity contribution < 1.29 is 9.84 Å². The molecule has 11 heavy (non-hydrogen) atoms. The Balaban J connectivity index is 3.21. The van der Waals surface area contributed by atoms with Gasteiger partial charge >= 0.3 is 0 Å². The van der Waals surface area contributed by atoms with E-state index in [-0.39, 0.29) is 5.75 Å². The summed E-state index contributed by atoms with van der Waals surface area (Å²) in [5.74, 6) is 0.838. The van der Waals surface area contributed by atoms with Gasteiger partial charge < -0.3 is 9.84 Å². The molecule has 0 fully saturated rings. The van der Waals surface area contributed by atoms with Crippen molar-refractivity contribution >= 4 is 15.9 Å². The molecule has 1 radical (unpaired) electrons. The van der Waals surface area contributed by atoms with Crippen LogP contribution in [0.2, 0.25) is 0 Å². The van der Waals surface area contributed by atoms with Crippen LogP contribution in [0.3, 0.4) is 0 Å². The number of hydrogen-bond donors (Lipinski definition) is 1. The molecule has 0 aliphatic heterocycles. The number of rotatable bonds is 1. The monoisotopic (exact) mass is 215 g/mol. The Morgan fingerprint density at radius 1 is 1.55 bits per heavy atom. The molecule has 0 aliphatic carbocycles. The fraction of sp³-hybridized carbons (Fsp3) is 0.125. The van der Waals surface area contributed by atoms with Crippen LogP contribution in [0.4, 0.5) is 0 Å². The molecule has 1 aromatic rings. The van der Waals surface area contributed by atoms with E-state index in [1.54, 1.807) is 19.2 Å². The summed E-state index contributed by atoms with van der Waals surface area (Å²) in [6.45, 7) is 3.63. The Bertz CT molecular complexity index is 248. The maximum absolute atomic E-state index is 9.26. The van der Waals surface area contributed by atoms with Crippen molar-refractivity contribution in [3.05, 3.63) is 29.1 Å². The van der Waals surface area contributed by atoms with Crippen molar-refractivity contribution in [2.75, 3.05) is 7.11 Å².